The van der Waals surface area contributed by atoms with E-state index in [2.05, 4.69) is 10.6 Å². The first-order valence-electron chi connectivity index (χ1n) is 4.82. The maximum Gasteiger partial charge on any atom is 0.244 e. The molecule has 1 amide bonds. The minimum Gasteiger partial charge on any atom is -0.362 e. The van der Waals surface area contributed by atoms with E-state index in [-0.39, 0.29) is 5.91 Å². The van der Waals surface area contributed by atoms with E-state index in [0.29, 0.717) is 6.54 Å². The van der Waals surface area contributed by atoms with Crippen LogP contribution in [0.2, 0.25) is 0 Å². The van der Waals surface area contributed by atoms with E-state index in [4.69, 9.17) is 0 Å². The number of carbonyl (C=O) groups excluding carboxylic acids is 1. The third-order valence-corrected chi connectivity index (χ3v) is 2.06. The van der Waals surface area contributed by atoms with Crippen LogP contribution in [0.25, 0.3) is 6.08 Å². The molecule has 1 aromatic rings. The zero-order valence-corrected chi connectivity index (χ0v) is 8.23. The van der Waals surface area contributed by atoms with Gasteiger partial charge in [0.2, 0.25) is 5.91 Å². The number of carbonyl (C=O) groups is 1. The van der Waals surface area contributed by atoms with E-state index in [1.54, 1.807) is 0 Å². The summed E-state index contributed by atoms with van der Waals surface area (Å²) in [6.07, 6.45) is 5.74. The van der Waals surface area contributed by atoms with Gasteiger partial charge < -0.3 is 10.6 Å². The lowest BCUT2D eigenvalue weighted by atomic mass is 10.2. The van der Waals surface area contributed by atoms with Crippen molar-refractivity contribution in [3.05, 3.63) is 53.9 Å². The van der Waals surface area contributed by atoms with Gasteiger partial charge in [-0.05, 0) is 11.6 Å². The topological polar surface area (TPSA) is 41.1 Å². The summed E-state index contributed by atoms with van der Waals surface area (Å²) in [5.74, 6) is 0.765. The first kappa shape index (κ1) is 9.52. The van der Waals surface area contributed by atoms with Crippen LogP contribution in [0.1, 0.15) is 5.56 Å². The molecule has 2 N–H and O–H groups in total. The van der Waals surface area contributed by atoms with Gasteiger partial charge in [-0.2, -0.15) is 0 Å². The van der Waals surface area contributed by atoms with E-state index in [0.717, 1.165) is 11.4 Å². The van der Waals surface area contributed by atoms with Gasteiger partial charge in [-0.3, -0.25) is 4.79 Å². The SMILES string of the molecule is O=C1CNC(=CC=Cc2ccccc2)N1. The Morgan fingerprint density at radius 2 is 2.00 bits per heavy atom. The van der Waals surface area contributed by atoms with Crippen LogP contribution in [0.5, 0.6) is 0 Å². The zero-order chi connectivity index (χ0) is 10.5. The minimum atomic E-state index is 0.00867. The van der Waals surface area contributed by atoms with E-state index < -0.39 is 0 Å². The summed E-state index contributed by atoms with van der Waals surface area (Å²) in [4.78, 5) is 10.8. The second-order valence-corrected chi connectivity index (χ2v) is 3.25. The van der Waals surface area contributed by atoms with Gasteiger partial charge >= 0.3 is 0 Å². The minimum absolute atomic E-state index is 0.00867. The van der Waals surface area contributed by atoms with Crippen LogP contribution < -0.4 is 10.6 Å². The molecule has 3 nitrogen and oxygen atoms in total. The summed E-state index contributed by atoms with van der Waals surface area (Å²) < 4.78 is 0. The summed E-state index contributed by atoms with van der Waals surface area (Å²) in [6, 6.07) is 10.0. The Kier molecular flexibility index (Phi) is 2.83. The molecule has 1 aliphatic rings. The summed E-state index contributed by atoms with van der Waals surface area (Å²) in [7, 11) is 0. The molecule has 0 radical (unpaired) electrons. The largest absolute Gasteiger partial charge is 0.362 e. The van der Waals surface area contributed by atoms with Crippen molar-refractivity contribution in [2.24, 2.45) is 0 Å². The molecule has 0 unspecified atom stereocenters. The van der Waals surface area contributed by atoms with Gasteiger partial charge in [0.05, 0.1) is 6.54 Å². The second-order valence-electron chi connectivity index (χ2n) is 3.25. The fourth-order valence-corrected chi connectivity index (χ4v) is 1.33. The summed E-state index contributed by atoms with van der Waals surface area (Å²) in [5.41, 5.74) is 1.14. The van der Waals surface area contributed by atoms with Crippen LogP contribution in [0.15, 0.2) is 48.3 Å². The molecule has 1 aromatic carbocycles. The highest BCUT2D eigenvalue weighted by Crippen LogP contribution is 2.01. The number of hydrogen-bond acceptors (Lipinski definition) is 2. The van der Waals surface area contributed by atoms with Crippen molar-refractivity contribution in [1.29, 1.82) is 0 Å². The first-order valence-corrected chi connectivity index (χ1v) is 4.82. The van der Waals surface area contributed by atoms with Crippen LogP contribution >= 0.6 is 0 Å². The molecule has 76 valence electrons. The lowest BCUT2D eigenvalue weighted by Gasteiger charge is -1.94. The van der Waals surface area contributed by atoms with E-state index in [1.165, 1.54) is 0 Å². The molecule has 2 rings (SSSR count). The van der Waals surface area contributed by atoms with Gasteiger partial charge in [0.15, 0.2) is 0 Å². The number of nitrogens with one attached hydrogen (secondary N) is 2. The van der Waals surface area contributed by atoms with E-state index in [1.807, 2.05) is 48.6 Å². The van der Waals surface area contributed by atoms with Crippen molar-refractivity contribution in [2.75, 3.05) is 6.54 Å². The third-order valence-electron chi connectivity index (χ3n) is 2.06. The molecule has 0 aliphatic carbocycles. The molecule has 0 aromatic heterocycles. The number of amides is 1. The molecule has 0 atom stereocenters. The van der Waals surface area contributed by atoms with E-state index in [9.17, 15) is 4.79 Å². The van der Waals surface area contributed by atoms with Crippen molar-refractivity contribution in [2.45, 2.75) is 0 Å². The van der Waals surface area contributed by atoms with Gasteiger partial charge in [0.1, 0.15) is 5.82 Å². The molecule has 3 heteroatoms. The number of rotatable bonds is 2. The maximum atomic E-state index is 10.8. The molecule has 1 heterocycles. The molecule has 0 saturated carbocycles. The average molecular weight is 200 g/mol. The molecule has 1 saturated heterocycles. The highest BCUT2D eigenvalue weighted by Gasteiger charge is 2.10. The standard InChI is InChI=1S/C12H12N2O/c15-12-9-13-11(14-12)8-4-7-10-5-2-1-3-6-10/h1-8,13H,9H2,(H,14,15). The molecule has 15 heavy (non-hydrogen) atoms. The highest BCUT2D eigenvalue weighted by molar-refractivity contribution is 5.82. The predicted octanol–water partition coefficient (Wildman–Crippen LogP) is 1.26. The Morgan fingerprint density at radius 3 is 2.67 bits per heavy atom. The van der Waals surface area contributed by atoms with Crippen molar-refractivity contribution in [3.8, 4) is 0 Å². The van der Waals surface area contributed by atoms with Crippen LogP contribution in [0, 0.1) is 0 Å². The normalized spacial score (nSPS) is 18.1. The van der Waals surface area contributed by atoms with Gasteiger partial charge in [0, 0.05) is 0 Å². The molecule has 1 fully saturated rings. The quantitative estimate of drug-likeness (QED) is 0.754. The summed E-state index contributed by atoms with van der Waals surface area (Å²) >= 11 is 0. The van der Waals surface area contributed by atoms with E-state index >= 15 is 0 Å². The summed E-state index contributed by atoms with van der Waals surface area (Å²) in [5, 5.41) is 5.64. The Morgan fingerprint density at radius 1 is 1.20 bits per heavy atom. The first-order chi connectivity index (χ1) is 7.34. The Bertz CT molecular complexity index is 407. The van der Waals surface area contributed by atoms with Crippen molar-refractivity contribution >= 4 is 12.0 Å². The Labute approximate surface area is 88.5 Å². The number of hydrogen-bond donors (Lipinski definition) is 2. The summed E-state index contributed by atoms with van der Waals surface area (Å²) in [6.45, 7) is 0.366. The fourth-order valence-electron chi connectivity index (χ4n) is 1.33. The lowest BCUT2D eigenvalue weighted by Crippen LogP contribution is -2.13. The predicted molar refractivity (Wildman–Crippen MR) is 59.7 cm³/mol. The Hall–Kier alpha value is -2.03. The van der Waals surface area contributed by atoms with Gasteiger partial charge in [-0.25, -0.2) is 0 Å². The van der Waals surface area contributed by atoms with Crippen LogP contribution in [-0.2, 0) is 4.79 Å². The fraction of sp³-hybridized carbons (Fsp3) is 0.0833. The monoisotopic (exact) mass is 200 g/mol. The maximum absolute atomic E-state index is 10.8. The van der Waals surface area contributed by atoms with Crippen molar-refractivity contribution in [1.82, 2.24) is 10.6 Å². The molecular formula is C12H12N2O. The molecule has 0 spiro atoms. The number of benzene rings is 1. The lowest BCUT2D eigenvalue weighted by molar-refractivity contribution is -0.117. The smallest absolute Gasteiger partial charge is 0.244 e. The molecule has 0 bridgehead atoms. The second kappa shape index (κ2) is 4.46. The van der Waals surface area contributed by atoms with Crippen LogP contribution in [0.3, 0.4) is 0 Å². The third kappa shape index (κ3) is 2.71. The van der Waals surface area contributed by atoms with Crippen LogP contribution in [-0.4, -0.2) is 12.5 Å². The van der Waals surface area contributed by atoms with Gasteiger partial charge in [0.25, 0.3) is 0 Å². The average Bonchev–Trinajstić information content (AvgIpc) is 2.66. The Balaban J connectivity index is 1.98. The van der Waals surface area contributed by atoms with Crippen molar-refractivity contribution in [3.63, 3.8) is 0 Å². The molecular weight excluding hydrogens is 188 g/mol. The molecule has 1 aliphatic heterocycles. The zero-order valence-electron chi connectivity index (χ0n) is 8.23. The van der Waals surface area contributed by atoms with Gasteiger partial charge in [-0.1, -0.05) is 42.5 Å². The van der Waals surface area contributed by atoms with Gasteiger partial charge in [-0.15, -0.1) is 0 Å². The van der Waals surface area contributed by atoms with Crippen LogP contribution in [0.4, 0.5) is 0 Å². The highest BCUT2D eigenvalue weighted by atomic mass is 16.2. The van der Waals surface area contributed by atoms with Crippen molar-refractivity contribution < 1.29 is 4.79 Å². The number of allylic oxidation sites excluding steroid dienone is 2.